The number of halogens is 1. The molecule has 22 heavy (non-hydrogen) atoms. The SMILES string of the molecule is CCC1CCC(CNC(=O)CC2CC3CCC(C2)N3)CC1.Cl. The Balaban J connectivity index is 0.00000176. The second-order valence-electron chi connectivity index (χ2n) is 7.78. The van der Waals surface area contributed by atoms with Gasteiger partial charge in [0.2, 0.25) is 5.91 Å². The Hall–Kier alpha value is -0.280. The first-order valence-corrected chi connectivity index (χ1v) is 9.25. The van der Waals surface area contributed by atoms with E-state index in [1.165, 1.54) is 57.8 Å². The number of fused-ring (bicyclic) bond motifs is 2. The average Bonchev–Trinajstić information content (AvgIpc) is 2.84. The summed E-state index contributed by atoms with van der Waals surface area (Å²) in [5.74, 6) is 2.61. The van der Waals surface area contributed by atoms with E-state index >= 15 is 0 Å². The van der Waals surface area contributed by atoms with E-state index < -0.39 is 0 Å². The maximum atomic E-state index is 12.2. The highest BCUT2D eigenvalue weighted by Crippen LogP contribution is 2.33. The van der Waals surface area contributed by atoms with Crippen LogP contribution < -0.4 is 10.6 Å². The van der Waals surface area contributed by atoms with Gasteiger partial charge in [0.1, 0.15) is 0 Å². The molecule has 3 fully saturated rings. The topological polar surface area (TPSA) is 41.1 Å². The van der Waals surface area contributed by atoms with E-state index in [2.05, 4.69) is 17.6 Å². The Labute approximate surface area is 141 Å². The first-order chi connectivity index (χ1) is 10.2. The molecule has 2 atom stereocenters. The smallest absolute Gasteiger partial charge is 0.220 e. The molecule has 2 N–H and O–H groups in total. The van der Waals surface area contributed by atoms with Crippen LogP contribution in [0.4, 0.5) is 0 Å². The van der Waals surface area contributed by atoms with E-state index in [4.69, 9.17) is 0 Å². The van der Waals surface area contributed by atoms with Crippen molar-refractivity contribution in [3.05, 3.63) is 0 Å². The average molecular weight is 329 g/mol. The van der Waals surface area contributed by atoms with Gasteiger partial charge in [0.15, 0.2) is 0 Å². The van der Waals surface area contributed by atoms with E-state index in [1.807, 2.05) is 0 Å². The summed E-state index contributed by atoms with van der Waals surface area (Å²) in [7, 11) is 0. The lowest BCUT2D eigenvalue weighted by Gasteiger charge is -2.30. The molecular weight excluding hydrogens is 296 g/mol. The van der Waals surface area contributed by atoms with E-state index in [0.717, 1.165) is 24.8 Å². The van der Waals surface area contributed by atoms with Gasteiger partial charge in [0.05, 0.1) is 0 Å². The Kier molecular flexibility index (Phi) is 7.01. The maximum absolute atomic E-state index is 12.2. The van der Waals surface area contributed by atoms with Gasteiger partial charge in [0.25, 0.3) is 0 Å². The number of rotatable bonds is 5. The molecule has 0 aromatic heterocycles. The molecule has 0 radical (unpaired) electrons. The summed E-state index contributed by atoms with van der Waals surface area (Å²) >= 11 is 0. The summed E-state index contributed by atoms with van der Waals surface area (Å²) in [5, 5.41) is 6.88. The highest BCUT2D eigenvalue weighted by atomic mass is 35.5. The normalized spacial score (nSPS) is 37.4. The molecule has 2 aliphatic heterocycles. The Morgan fingerprint density at radius 1 is 0.955 bits per heavy atom. The molecule has 128 valence electrons. The number of carbonyl (C=O) groups excluding carboxylic acids is 1. The van der Waals surface area contributed by atoms with Crippen molar-refractivity contribution in [1.29, 1.82) is 0 Å². The molecule has 0 aromatic carbocycles. The van der Waals surface area contributed by atoms with Crippen LogP contribution in [-0.4, -0.2) is 24.5 Å². The summed E-state index contributed by atoms with van der Waals surface area (Å²) in [6, 6.07) is 1.40. The molecule has 2 heterocycles. The Bertz CT molecular complexity index is 343. The molecule has 3 nitrogen and oxygen atoms in total. The summed E-state index contributed by atoms with van der Waals surface area (Å²) in [5.41, 5.74) is 0. The molecular formula is C18H33ClN2O. The van der Waals surface area contributed by atoms with Crippen molar-refractivity contribution in [2.45, 2.75) is 83.2 Å². The lowest BCUT2D eigenvalue weighted by Crippen LogP contribution is -2.40. The fraction of sp³-hybridized carbons (Fsp3) is 0.944. The van der Waals surface area contributed by atoms with Crippen molar-refractivity contribution in [3.63, 3.8) is 0 Å². The standard InChI is InChI=1S/C18H32N2O.ClH/c1-2-13-3-5-14(6-4-13)12-19-18(21)11-15-9-16-7-8-17(10-15)20-16;/h13-17,20H,2-12H2,1H3,(H,19,21);1H. The fourth-order valence-corrected chi connectivity index (χ4v) is 4.78. The van der Waals surface area contributed by atoms with Crippen LogP contribution in [0, 0.1) is 17.8 Å². The molecule has 1 aliphatic carbocycles. The predicted molar refractivity (Wildman–Crippen MR) is 93.3 cm³/mol. The van der Waals surface area contributed by atoms with E-state index in [9.17, 15) is 4.79 Å². The third kappa shape index (κ3) is 4.86. The molecule has 1 amide bonds. The van der Waals surface area contributed by atoms with E-state index in [0.29, 0.717) is 23.9 Å². The lowest BCUT2D eigenvalue weighted by molar-refractivity contribution is -0.122. The van der Waals surface area contributed by atoms with E-state index in [1.54, 1.807) is 0 Å². The minimum Gasteiger partial charge on any atom is -0.356 e. The number of piperidine rings is 1. The summed E-state index contributed by atoms with van der Waals surface area (Å²) in [4.78, 5) is 12.2. The fourth-order valence-electron chi connectivity index (χ4n) is 4.78. The molecule has 0 spiro atoms. The van der Waals surface area contributed by atoms with Crippen molar-refractivity contribution in [2.75, 3.05) is 6.54 Å². The van der Waals surface area contributed by atoms with Crippen molar-refractivity contribution < 1.29 is 4.79 Å². The quantitative estimate of drug-likeness (QED) is 0.808. The van der Waals surface area contributed by atoms with Crippen LogP contribution in [0.2, 0.25) is 0 Å². The number of nitrogens with one attached hydrogen (secondary N) is 2. The van der Waals surface area contributed by atoms with Crippen molar-refractivity contribution in [3.8, 4) is 0 Å². The zero-order valence-corrected chi connectivity index (χ0v) is 14.8. The number of hydrogen-bond donors (Lipinski definition) is 2. The van der Waals surface area contributed by atoms with Crippen LogP contribution >= 0.6 is 12.4 Å². The maximum Gasteiger partial charge on any atom is 0.220 e. The highest BCUT2D eigenvalue weighted by molar-refractivity contribution is 5.85. The van der Waals surface area contributed by atoms with Gasteiger partial charge in [0, 0.05) is 25.0 Å². The summed E-state index contributed by atoms with van der Waals surface area (Å²) < 4.78 is 0. The minimum atomic E-state index is 0. The first kappa shape index (κ1) is 18.1. The number of carbonyl (C=O) groups is 1. The minimum absolute atomic E-state index is 0. The van der Waals surface area contributed by atoms with Crippen molar-refractivity contribution in [2.24, 2.45) is 17.8 Å². The van der Waals surface area contributed by atoms with Crippen molar-refractivity contribution >= 4 is 18.3 Å². The van der Waals surface area contributed by atoms with E-state index in [-0.39, 0.29) is 12.4 Å². The third-order valence-corrected chi connectivity index (χ3v) is 6.18. The molecule has 2 bridgehead atoms. The number of hydrogen-bond acceptors (Lipinski definition) is 2. The highest BCUT2D eigenvalue weighted by Gasteiger charge is 2.34. The first-order valence-electron chi connectivity index (χ1n) is 9.25. The van der Waals surface area contributed by atoms with Crippen LogP contribution in [0.5, 0.6) is 0 Å². The van der Waals surface area contributed by atoms with Crippen LogP contribution in [0.15, 0.2) is 0 Å². The van der Waals surface area contributed by atoms with Crippen LogP contribution in [0.25, 0.3) is 0 Å². The monoisotopic (exact) mass is 328 g/mol. The molecule has 0 aromatic rings. The second kappa shape index (κ2) is 8.54. The van der Waals surface area contributed by atoms with Crippen LogP contribution in [-0.2, 0) is 4.79 Å². The van der Waals surface area contributed by atoms with Gasteiger partial charge in [-0.3, -0.25) is 4.79 Å². The predicted octanol–water partition coefficient (Wildman–Crippen LogP) is 3.66. The second-order valence-corrected chi connectivity index (χ2v) is 7.78. The van der Waals surface area contributed by atoms with Gasteiger partial charge in [-0.15, -0.1) is 12.4 Å². The molecule has 1 saturated carbocycles. The lowest BCUT2D eigenvalue weighted by atomic mass is 9.81. The molecule has 4 heteroatoms. The van der Waals surface area contributed by atoms with Gasteiger partial charge >= 0.3 is 0 Å². The van der Waals surface area contributed by atoms with Gasteiger partial charge in [-0.05, 0) is 56.3 Å². The van der Waals surface area contributed by atoms with Crippen LogP contribution in [0.3, 0.4) is 0 Å². The summed E-state index contributed by atoms with van der Waals surface area (Å²) in [6.07, 6.45) is 12.5. The van der Waals surface area contributed by atoms with Crippen LogP contribution in [0.1, 0.15) is 71.1 Å². The Morgan fingerprint density at radius 3 is 2.14 bits per heavy atom. The molecule has 3 aliphatic rings. The molecule has 2 unspecified atom stereocenters. The molecule has 2 saturated heterocycles. The van der Waals surface area contributed by atoms with Gasteiger partial charge in [-0.1, -0.05) is 26.2 Å². The van der Waals surface area contributed by atoms with Gasteiger partial charge < -0.3 is 10.6 Å². The zero-order chi connectivity index (χ0) is 14.7. The van der Waals surface area contributed by atoms with Crippen molar-refractivity contribution in [1.82, 2.24) is 10.6 Å². The zero-order valence-electron chi connectivity index (χ0n) is 14.0. The summed E-state index contributed by atoms with van der Waals surface area (Å²) in [6.45, 7) is 3.23. The number of amides is 1. The Morgan fingerprint density at radius 2 is 1.55 bits per heavy atom. The third-order valence-electron chi connectivity index (χ3n) is 6.18. The molecule has 3 rings (SSSR count). The van der Waals surface area contributed by atoms with Gasteiger partial charge in [-0.2, -0.15) is 0 Å². The largest absolute Gasteiger partial charge is 0.356 e. The van der Waals surface area contributed by atoms with Gasteiger partial charge in [-0.25, -0.2) is 0 Å².